The molecule has 0 atom stereocenters. The number of para-hydroxylation sites is 1. The minimum absolute atomic E-state index is 0.205. The first-order valence-electron chi connectivity index (χ1n) is 7.84. The number of aryl methyl sites for hydroxylation is 1. The highest BCUT2D eigenvalue weighted by atomic mass is 16.7. The topological polar surface area (TPSA) is 70.2 Å². The third-order valence-corrected chi connectivity index (χ3v) is 3.83. The van der Waals surface area contributed by atoms with Gasteiger partial charge in [-0.1, -0.05) is 41.6 Å². The summed E-state index contributed by atoms with van der Waals surface area (Å²) in [7, 11) is 0. The largest absolute Gasteiger partial charge is 0.405 e. The van der Waals surface area contributed by atoms with Gasteiger partial charge in [-0.2, -0.15) is 4.98 Å². The van der Waals surface area contributed by atoms with E-state index in [2.05, 4.69) is 10.1 Å². The molecule has 0 aliphatic carbocycles. The molecule has 0 bridgehead atoms. The summed E-state index contributed by atoms with van der Waals surface area (Å²) in [6, 6.07) is 18.5. The number of rotatable bonds is 4. The van der Waals surface area contributed by atoms with Crippen LogP contribution in [0.25, 0.3) is 22.3 Å². The molecule has 4 rings (SSSR count). The van der Waals surface area contributed by atoms with E-state index in [1.165, 1.54) is 10.8 Å². The van der Waals surface area contributed by atoms with E-state index >= 15 is 0 Å². The summed E-state index contributed by atoms with van der Waals surface area (Å²) in [6.07, 6.45) is 0. The fraction of sp³-hybridized carbons (Fsp3) is 0.105. The molecule has 4 aromatic rings. The van der Waals surface area contributed by atoms with Crippen LogP contribution in [0.5, 0.6) is 0 Å². The molecule has 0 saturated heterocycles. The molecule has 25 heavy (non-hydrogen) atoms. The fourth-order valence-corrected chi connectivity index (χ4v) is 2.65. The third-order valence-electron chi connectivity index (χ3n) is 3.83. The van der Waals surface area contributed by atoms with E-state index in [9.17, 15) is 4.79 Å². The minimum Gasteiger partial charge on any atom is -0.405 e. The zero-order valence-electron chi connectivity index (χ0n) is 13.5. The van der Waals surface area contributed by atoms with Crippen molar-refractivity contribution in [2.75, 3.05) is 0 Å². The average molecular weight is 333 g/mol. The van der Waals surface area contributed by atoms with Gasteiger partial charge in [0, 0.05) is 23.9 Å². The zero-order chi connectivity index (χ0) is 17.2. The first kappa shape index (κ1) is 15.1. The summed E-state index contributed by atoms with van der Waals surface area (Å²) in [4.78, 5) is 22.1. The highest BCUT2D eigenvalue weighted by Crippen LogP contribution is 2.17. The van der Waals surface area contributed by atoms with Gasteiger partial charge in [0.05, 0.1) is 5.52 Å². The van der Waals surface area contributed by atoms with Crippen LogP contribution in [0.1, 0.15) is 11.5 Å². The van der Waals surface area contributed by atoms with Crippen molar-refractivity contribution < 1.29 is 9.36 Å². The highest BCUT2D eigenvalue weighted by molar-refractivity contribution is 5.78. The van der Waals surface area contributed by atoms with Gasteiger partial charge in [0.15, 0.2) is 0 Å². The van der Waals surface area contributed by atoms with Crippen molar-refractivity contribution in [3.05, 3.63) is 82.5 Å². The molecule has 6 nitrogen and oxygen atoms in total. The molecule has 0 aliphatic rings. The van der Waals surface area contributed by atoms with Crippen molar-refractivity contribution in [3.8, 4) is 11.4 Å². The van der Waals surface area contributed by atoms with Gasteiger partial charge in [0.2, 0.25) is 11.7 Å². The molecule has 6 heteroatoms. The van der Waals surface area contributed by atoms with E-state index in [1.807, 2.05) is 48.5 Å². The van der Waals surface area contributed by atoms with Crippen LogP contribution >= 0.6 is 0 Å². The van der Waals surface area contributed by atoms with Crippen molar-refractivity contribution in [2.45, 2.75) is 13.5 Å². The van der Waals surface area contributed by atoms with Gasteiger partial charge in [-0.15, -0.1) is 4.73 Å². The van der Waals surface area contributed by atoms with Gasteiger partial charge < -0.3 is 9.36 Å². The summed E-state index contributed by atoms with van der Waals surface area (Å²) < 4.78 is 6.33. The van der Waals surface area contributed by atoms with E-state index < -0.39 is 0 Å². The standard InChI is InChI=1S/C19H15N3O3/c1-13-20-19(21-25-13)16-7-4-5-14(11-16)12-24-22-17-8-3-2-6-15(17)9-10-18(22)23/h2-11H,12H2,1H3. The smallest absolute Gasteiger partial charge is 0.283 e. The van der Waals surface area contributed by atoms with Crippen LogP contribution in [0.15, 0.2) is 70.0 Å². The van der Waals surface area contributed by atoms with E-state index in [1.54, 1.807) is 13.0 Å². The number of fused-ring (bicyclic) bond motifs is 1. The van der Waals surface area contributed by atoms with Crippen molar-refractivity contribution in [1.82, 2.24) is 14.9 Å². The summed E-state index contributed by atoms with van der Waals surface area (Å²) in [5.41, 5.74) is 2.27. The van der Waals surface area contributed by atoms with Gasteiger partial charge in [-0.3, -0.25) is 4.79 Å². The van der Waals surface area contributed by atoms with Gasteiger partial charge in [-0.05, 0) is 23.8 Å². The lowest BCUT2D eigenvalue weighted by Crippen LogP contribution is -2.26. The lowest BCUT2D eigenvalue weighted by atomic mass is 10.1. The molecule has 0 spiro atoms. The molecule has 0 amide bonds. The summed E-state index contributed by atoms with van der Waals surface area (Å²) in [6.45, 7) is 2.00. The highest BCUT2D eigenvalue weighted by Gasteiger charge is 2.08. The fourth-order valence-electron chi connectivity index (χ4n) is 2.65. The van der Waals surface area contributed by atoms with Crippen molar-refractivity contribution in [2.24, 2.45) is 0 Å². The summed E-state index contributed by atoms with van der Waals surface area (Å²) in [5, 5.41) is 4.86. The predicted molar refractivity (Wildman–Crippen MR) is 93.0 cm³/mol. The number of hydrogen-bond acceptors (Lipinski definition) is 5. The Labute approximate surface area is 143 Å². The Kier molecular flexibility index (Phi) is 3.78. The number of pyridine rings is 1. The predicted octanol–water partition coefficient (Wildman–Crippen LogP) is 2.99. The maximum Gasteiger partial charge on any atom is 0.283 e. The third kappa shape index (κ3) is 3.01. The van der Waals surface area contributed by atoms with Gasteiger partial charge in [-0.25, -0.2) is 0 Å². The van der Waals surface area contributed by atoms with Crippen molar-refractivity contribution in [3.63, 3.8) is 0 Å². The first-order chi connectivity index (χ1) is 12.2. The van der Waals surface area contributed by atoms with Crippen LogP contribution in [0.3, 0.4) is 0 Å². The van der Waals surface area contributed by atoms with Crippen LogP contribution in [0.4, 0.5) is 0 Å². The lowest BCUT2D eigenvalue weighted by Gasteiger charge is -2.11. The maximum absolute atomic E-state index is 12.2. The Balaban J connectivity index is 1.62. The second-order valence-electron chi connectivity index (χ2n) is 5.64. The van der Waals surface area contributed by atoms with Crippen LogP contribution < -0.4 is 10.4 Å². The number of hydrogen-bond donors (Lipinski definition) is 0. The molecular weight excluding hydrogens is 318 g/mol. The molecule has 0 N–H and O–H groups in total. The maximum atomic E-state index is 12.2. The minimum atomic E-state index is -0.205. The zero-order valence-corrected chi connectivity index (χ0v) is 13.5. The van der Waals surface area contributed by atoms with Crippen LogP contribution in [0.2, 0.25) is 0 Å². The van der Waals surface area contributed by atoms with E-state index in [0.717, 1.165) is 22.0 Å². The normalized spacial score (nSPS) is 10.9. The van der Waals surface area contributed by atoms with E-state index in [0.29, 0.717) is 11.7 Å². The second kappa shape index (κ2) is 6.24. The van der Waals surface area contributed by atoms with Gasteiger partial charge >= 0.3 is 0 Å². The molecule has 2 aromatic heterocycles. The van der Waals surface area contributed by atoms with Crippen LogP contribution in [0, 0.1) is 6.92 Å². The SMILES string of the molecule is Cc1nc(-c2cccc(COn3c(=O)ccc4ccccc43)c2)no1. The Morgan fingerprint density at radius 2 is 1.96 bits per heavy atom. The Morgan fingerprint density at radius 3 is 2.80 bits per heavy atom. The molecule has 2 heterocycles. The molecule has 0 aliphatic heterocycles. The van der Waals surface area contributed by atoms with Gasteiger partial charge in [0.25, 0.3) is 5.56 Å². The molecule has 0 saturated carbocycles. The van der Waals surface area contributed by atoms with E-state index in [-0.39, 0.29) is 12.2 Å². The molecule has 0 radical (unpaired) electrons. The Morgan fingerprint density at radius 1 is 1.08 bits per heavy atom. The average Bonchev–Trinajstić information content (AvgIpc) is 3.08. The van der Waals surface area contributed by atoms with Crippen molar-refractivity contribution >= 4 is 10.9 Å². The van der Waals surface area contributed by atoms with Crippen LogP contribution in [-0.4, -0.2) is 14.9 Å². The number of benzene rings is 2. The second-order valence-corrected chi connectivity index (χ2v) is 5.64. The molecule has 2 aromatic carbocycles. The quantitative estimate of drug-likeness (QED) is 0.574. The number of aromatic nitrogens is 3. The Hall–Kier alpha value is -3.41. The summed E-state index contributed by atoms with van der Waals surface area (Å²) >= 11 is 0. The number of nitrogens with zero attached hydrogens (tertiary/aromatic N) is 3. The Bertz CT molecular complexity index is 1100. The monoisotopic (exact) mass is 333 g/mol. The van der Waals surface area contributed by atoms with Gasteiger partial charge in [0.1, 0.15) is 6.61 Å². The molecular formula is C19H15N3O3. The van der Waals surface area contributed by atoms with Crippen LogP contribution in [-0.2, 0) is 6.61 Å². The molecule has 0 unspecified atom stereocenters. The van der Waals surface area contributed by atoms with E-state index in [4.69, 9.17) is 9.36 Å². The molecule has 124 valence electrons. The summed E-state index contributed by atoms with van der Waals surface area (Å²) in [5.74, 6) is 1.04. The molecule has 0 fully saturated rings. The van der Waals surface area contributed by atoms with Crippen molar-refractivity contribution in [1.29, 1.82) is 0 Å². The lowest BCUT2D eigenvalue weighted by molar-refractivity contribution is 0.0993. The first-order valence-corrected chi connectivity index (χ1v) is 7.84.